The van der Waals surface area contributed by atoms with Crippen molar-refractivity contribution in [3.05, 3.63) is 47.0 Å². The first-order chi connectivity index (χ1) is 13.8. The van der Waals surface area contributed by atoms with Gasteiger partial charge in [0.25, 0.3) is 0 Å². The molecule has 1 amide bonds. The molecule has 0 spiro atoms. The van der Waals surface area contributed by atoms with Gasteiger partial charge in [0.1, 0.15) is 0 Å². The molecule has 29 heavy (non-hydrogen) atoms. The fourth-order valence-corrected chi connectivity index (χ4v) is 3.17. The minimum Gasteiger partial charge on any atom is -0.395 e. The van der Waals surface area contributed by atoms with Crippen molar-refractivity contribution in [1.82, 2.24) is 20.6 Å². The Balaban J connectivity index is 1.67. The average molecular weight is 422 g/mol. The van der Waals surface area contributed by atoms with Gasteiger partial charge in [0.05, 0.1) is 6.54 Å². The number of aromatic amines is 1. The Labute approximate surface area is 168 Å². The summed E-state index contributed by atoms with van der Waals surface area (Å²) in [6.07, 6.45) is -3.47. The summed E-state index contributed by atoms with van der Waals surface area (Å²) in [6.45, 7) is 1.84. The Kier molecular flexibility index (Phi) is 4.79. The lowest BCUT2D eigenvalue weighted by atomic mass is 10.1. The van der Waals surface area contributed by atoms with Gasteiger partial charge in [0, 0.05) is 22.7 Å². The van der Waals surface area contributed by atoms with E-state index in [0.29, 0.717) is 27.7 Å². The number of fused-ring (bicyclic) bond motifs is 1. The van der Waals surface area contributed by atoms with Crippen LogP contribution in [-0.2, 0) is 11.3 Å². The quantitative estimate of drug-likeness (QED) is 0.673. The molecule has 0 fully saturated rings. The largest absolute Gasteiger partial charge is 0.586 e. The number of aromatic nitrogens is 4. The van der Waals surface area contributed by atoms with Crippen LogP contribution < -0.4 is 14.4 Å². The van der Waals surface area contributed by atoms with Crippen molar-refractivity contribution >= 4 is 23.2 Å². The summed E-state index contributed by atoms with van der Waals surface area (Å²) in [7, 11) is 0. The van der Waals surface area contributed by atoms with E-state index >= 15 is 0 Å². The number of alkyl halides is 2. The first kappa shape index (κ1) is 19.1. The third-order valence-electron chi connectivity index (χ3n) is 4.22. The van der Waals surface area contributed by atoms with Gasteiger partial charge in [-0.25, -0.2) is 5.10 Å². The first-order valence-corrected chi connectivity index (χ1v) is 8.96. The Morgan fingerprint density at radius 1 is 1.21 bits per heavy atom. The van der Waals surface area contributed by atoms with E-state index in [1.165, 1.54) is 17.0 Å². The fourth-order valence-electron chi connectivity index (χ4n) is 2.94. The maximum atomic E-state index is 13.3. The van der Waals surface area contributed by atoms with Crippen LogP contribution in [0.2, 0.25) is 5.02 Å². The normalized spacial score (nSPS) is 14.1. The highest BCUT2D eigenvalue weighted by Crippen LogP contribution is 2.41. The molecule has 1 aromatic heterocycles. The zero-order chi connectivity index (χ0) is 20.6. The van der Waals surface area contributed by atoms with Gasteiger partial charge in [-0.15, -0.1) is 13.9 Å². The number of nitrogens with zero attached hydrogens (tertiary/aromatic N) is 4. The van der Waals surface area contributed by atoms with Crippen molar-refractivity contribution in [2.45, 2.75) is 26.2 Å². The zero-order valence-electron chi connectivity index (χ0n) is 15.0. The highest BCUT2D eigenvalue weighted by atomic mass is 35.5. The second kappa shape index (κ2) is 7.28. The van der Waals surface area contributed by atoms with Crippen molar-refractivity contribution in [3.63, 3.8) is 0 Å². The number of nitrogens with one attached hydrogen (secondary N) is 1. The molecule has 2 aromatic carbocycles. The van der Waals surface area contributed by atoms with Crippen LogP contribution in [0, 0.1) is 0 Å². The van der Waals surface area contributed by atoms with Gasteiger partial charge in [-0.2, -0.15) is 0 Å². The smallest absolute Gasteiger partial charge is 0.395 e. The summed E-state index contributed by atoms with van der Waals surface area (Å²) in [5, 5.41) is 13.9. The van der Waals surface area contributed by atoms with Crippen LogP contribution in [0.5, 0.6) is 11.5 Å². The Morgan fingerprint density at radius 3 is 2.72 bits per heavy atom. The zero-order valence-corrected chi connectivity index (χ0v) is 15.8. The molecular formula is C18H14ClF2N5O3. The third-order valence-corrected chi connectivity index (χ3v) is 4.44. The summed E-state index contributed by atoms with van der Waals surface area (Å²) in [4.78, 5) is 14.1. The number of hydrogen-bond acceptors (Lipinski definition) is 6. The van der Waals surface area contributed by atoms with Gasteiger partial charge >= 0.3 is 6.29 Å². The van der Waals surface area contributed by atoms with E-state index in [1.54, 1.807) is 31.2 Å². The molecule has 2 heterocycles. The van der Waals surface area contributed by atoms with E-state index in [2.05, 4.69) is 30.1 Å². The van der Waals surface area contributed by atoms with Crippen LogP contribution in [0.4, 0.5) is 14.5 Å². The van der Waals surface area contributed by atoms with E-state index in [4.69, 9.17) is 11.6 Å². The molecule has 1 aliphatic rings. The summed E-state index contributed by atoms with van der Waals surface area (Å²) in [5.41, 5.74) is 1.69. The number of hydrogen-bond donors (Lipinski definition) is 1. The van der Waals surface area contributed by atoms with E-state index in [9.17, 15) is 13.6 Å². The summed E-state index contributed by atoms with van der Waals surface area (Å²) < 4.78 is 35.4. The third kappa shape index (κ3) is 3.97. The van der Waals surface area contributed by atoms with Crippen LogP contribution in [0.15, 0.2) is 36.4 Å². The minimum atomic E-state index is -3.70. The maximum absolute atomic E-state index is 13.3. The number of carbonyl (C=O) groups excluding carboxylic acids is 1. The Hall–Kier alpha value is -3.27. The molecule has 0 saturated carbocycles. The minimum absolute atomic E-state index is 0.0602. The molecule has 0 saturated heterocycles. The Morgan fingerprint density at radius 2 is 2.00 bits per heavy atom. The number of halogens is 3. The summed E-state index contributed by atoms with van der Waals surface area (Å²) in [5.74, 6) is 0.0609. The highest BCUT2D eigenvalue weighted by Gasteiger charge is 2.43. The molecule has 4 rings (SSSR count). The van der Waals surface area contributed by atoms with Crippen LogP contribution in [0.1, 0.15) is 18.9 Å². The molecule has 1 aliphatic heterocycles. The standard InChI is InChI=1S/C18H14ClF2N5O3/c1-2-16(27)26(9-10-3-4-14-15(5-10)29-18(20,21)28-14)13-7-11(6-12(19)8-13)17-22-24-25-23-17/h3-8H,2,9H2,1H3,(H,22,23,24,25). The molecule has 1 N–H and O–H groups in total. The number of anilines is 1. The van der Waals surface area contributed by atoms with E-state index in [0.717, 1.165) is 0 Å². The second-order valence-corrected chi connectivity index (χ2v) is 6.67. The summed E-state index contributed by atoms with van der Waals surface area (Å²) in [6, 6.07) is 9.38. The molecule has 0 radical (unpaired) electrons. The number of H-pyrrole nitrogens is 1. The molecule has 0 bridgehead atoms. The monoisotopic (exact) mass is 421 g/mol. The second-order valence-electron chi connectivity index (χ2n) is 6.23. The molecule has 8 nitrogen and oxygen atoms in total. The number of tetrazole rings is 1. The van der Waals surface area contributed by atoms with E-state index in [-0.39, 0.29) is 30.4 Å². The summed E-state index contributed by atoms with van der Waals surface area (Å²) >= 11 is 6.23. The maximum Gasteiger partial charge on any atom is 0.586 e. The molecule has 0 unspecified atom stereocenters. The van der Waals surface area contributed by atoms with Crippen LogP contribution in [0.25, 0.3) is 11.4 Å². The van der Waals surface area contributed by atoms with E-state index < -0.39 is 6.29 Å². The van der Waals surface area contributed by atoms with Gasteiger partial charge in [0.15, 0.2) is 17.3 Å². The predicted molar refractivity (Wildman–Crippen MR) is 98.7 cm³/mol. The predicted octanol–water partition coefficient (Wildman–Crippen LogP) is 3.78. The lowest BCUT2D eigenvalue weighted by molar-refractivity contribution is -0.286. The van der Waals surface area contributed by atoms with Gasteiger partial charge in [0.2, 0.25) is 5.91 Å². The van der Waals surface area contributed by atoms with Gasteiger partial charge in [-0.3, -0.25) is 4.79 Å². The van der Waals surface area contributed by atoms with E-state index in [1.807, 2.05) is 0 Å². The first-order valence-electron chi connectivity index (χ1n) is 8.58. The molecule has 0 atom stereocenters. The fraction of sp³-hybridized carbons (Fsp3) is 0.222. The lowest BCUT2D eigenvalue weighted by Crippen LogP contribution is -2.29. The van der Waals surface area contributed by atoms with Gasteiger partial charge in [-0.05, 0) is 46.3 Å². The topological polar surface area (TPSA) is 93.2 Å². The molecule has 11 heteroatoms. The number of rotatable bonds is 5. The number of amides is 1. The van der Waals surface area contributed by atoms with Crippen LogP contribution in [0.3, 0.4) is 0 Å². The molecule has 3 aromatic rings. The van der Waals surface area contributed by atoms with Crippen molar-refractivity contribution in [3.8, 4) is 22.9 Å². The lowest BCUT2D eigenvalue weighted by Gasteiger charge is -2.23. The van der Waals surface area contributed by atoms with Crippen molar-refractivity contribution in [1.29, 1.82) is 0 Å². The van der Waals surface area contributed by atoms with Crippen molar-refractivity contribution in [2.24, 2.45) is 0 Å². The molecular weight excluding hydrogens is 408 g/mol. The van der Waals surface area contributed by atoms with Gasteiger partial charge < -0.3 is 14.4 Å². The molecule has 0 aliphatic carbocycles. The highest BCUT2D eigenvalue weighted by molar-refractivity contribution is 6.31. The van der Waals surface area contributed by atoms with Crippen molar-refractivity contribution < 1.29 is 23.0 Å². The van der Waals surface area contributed by atoms with Gasteiger partial charge in [-0.1, -0.05) is 24.6 Å². The number of ether oxygens (including phenoxy) is 2. The SMILES string of the molecule is CCC(=O)N(Cc1ccc2c(c1)OC(F)(F)O2)c1cc(Cl)cc(-c2nnn[nH]2)c1. The number of benzene rings is 2. The average Bonchev–Trinajstić information content (AvgIpc) is 3.31. The Bertz CT molecular complexity index is 1060. The van der Waals surface area contributed by atoms with Crippen LogP contribution >= 0.6 is 11.6 Å². The number of carbonyl (C=O) groups is 1. The van der Waals surface area contributed by atoms with Crippen LogP contribution in [-0.4, -0.2) is 32.8 Å². The molecule has 150 valence electrons. The van der Waals surface area contributed by atoms with Crippen molar-refractivity contribution in [2.75, 3.05) is 4.90 Å².